The molecule has 0 radical (unpaired) electrons. The van der Waals surface area contributed by atoms with Crippen LogP contribution in [0.2, 0.25) is 0 Å². The van der Waals surface area contributed by atoms with Gasteiger partial charge in [0.1, 0.15) is 0 Å². The van der Waals surface area contributed by atoms with Gasteiger partial charge in [-0.1, -0.05) is 0 Å². The first-order valence-corrected chi connectivity index (χ1v) is 9.11. The normalized spacial score (nSPS) is 9.39. The van der Waals surface area contributed by atoms with Crippen LogP contribution < -0.4 is 11.5 Å². The highest BCUT2D eigenvalue weighted by atomic mass is 16.7. The van der Waals surface area contributed by atoms with Crippen LogP contribution in [0.1, 0.15) is 6.92 Å². The van der Waals surface area contributed by atoms with Crippen LogP contribution in [0.3, 0.4) is 0 Å². The fraction of sp³-hybridized carbons (Fsp3) is 0.133. The Morgan fingerprint density at radius 3 is 0.974 bits per heavy atom. The van der Waals surface area contributed by atoms with Gasteiger partial charge in [-0.25, -0.2) is 0 Å². The molecule has 2 rings (SSSR count). The average molecular weight is 545 g/mol. The number of hydrogen-bond acceptors (Lipinski definition) is 15. The number of nitro groups is 6. The van der Waals surface area contributed by atoms with E-state index in [1.54, 1.807) is 0 Å². The lowest BCUT2D eigenvalue weighted by Gasteiger charge is -1.97. The molecule has 38 heavy (non-hydrogen) atoms. The van der Waals surface area contributed by atoms with Gasteiger partial charge in [-0.3, -0.25) is 65.7 Å². The molecule has 23 nitrogen and oxygen atoms in total. The van der Waals surface area contributed by atoms with E-state index in [0.29, 0.717) is 30.8 Å². The Labute approximate surface area is 207 Å². The van der Waals surface area contributed by atoms with Crippen molar-refractivity contribution in [2.45, 2.75) is 6.92 Å². The number of non-ortho nitro benzene ring substituents is 2. The minimum atomic E-state index is -1.21. The Morgan fingerprint density at radius 1 is 0.632 bits per heavy atom. The third kappa shape index (κ3) is 8.81. The van der Waals surface area contributed by atoms with E-state index >= 15 is 0 Å². The average Bonchev–Trinajstić information content (AvgIpc) is 2.78. The highest BCUT2D eigenvalue weighted by Crippen LogP contribution is 2.40. The van der Waals surface area contributed by atoms with Crippen LogP contribution in [0, 0.1) is 60.7 Å². The predicted octanol–water partition coefficient (Wildman–Crippen LogP) is 1.51. The van der Waals surface area contributed by atoms with Crippen LogP contribution in [0.5, 0.6) is 11.5 Å². The van der Waals surface area contributed by atoms with Gasteiger partial charge in [-0.05, 0) is 6.92 Å². The summed E-state index contributed by atoms with van der Waals surface area (Å²) in [5, 5.41) is 80.4. The molecule has 2 aromatic carbocycles. The van der Waals surface area contributed by atoms with E-state index in [9.17, 15) is 60.7 Å². The van der Waals surface area contributed by atoms with Crippen LogP contribution in [0.15, 0.2) is 29.3 Å². The molecule has 6 N–H and O–H groups in total. The molecule has 0 aromatic heterocycles. The third-order valence-electron chi connectivity index (χ3n) is 3.66. The monoisotopic (exact) mass is 545 g/mol. The standard InChI is InChI=1S/2C6H3N3O7.C3H9N3/c2*10-6-4(8(13)14)1-3(7(11)12)2-5(6)9(15)16;1-2-6-3(4)5/h2*1-2,10H;2H2,1H3,(H4,4,5,6). The summed E-state index contributed by atoms with van der Waals surface area (Å²) in [6.07, 6.45) is 0. The van der Waals surface area contributed by atoms with Crippen LogP contribution in [0.25, 0.3) is 0 Å². The molecule has 0 atom stereocenters. The number of aliphatic imine (C=N–C) groups is 1. The molecule has 0 heterocycles. The lowest BCUT2D eigenvalue weighted by atomic mass is 10.2. The number of nitro benzene ring substituents is 6. The van der Waals surface area contributed by atoms with Gasteiger partial charge in [0.2, 0.25) is 0 Å². The Morgan fingerprint density at radius 2 is 0.868 bits per heavy atom. The third-order valence-corrected chi connectivity index (χ3v) is 3.66. The molecule has 0 unspecified atom stereocenters. The zero-order valence-electron chi connectivity index (χ0n) is 18.6. The molecule has 0 saturated carbocycles. The fourth-order valence-electron chi connectivity index (χ4n) is 2.13. The van der Waals surface area contributed by atoms with Gasteiger partial charge >= 0.3 is 22.7 Å². The van der Waals surface area contributed by atoms with E-state index in [0.717, 1.165) is 0 Å². The predicted molar refractivity (Wildman–Crippen MR) is 122 cm³/mol. The van der Waals surface area contributed by atoms with Crippen molar-refractivity contribution in [2.24, 2.45) is 16.5 Å². The highest BCUT2D eigenvalue weighted by molar-refractivity contribution is 5.75. The largest absolute Gasteiger partial charge is 0.497 e. The molecule has 0 fully saturated rings. The molecule has 204 valence electrons. The summed E-state index contributed by atoms with van der Waals surface area (Å²) in [6, 6.07) is 1.79. The van der Waals surface area contributed by atoms with Gasteiger partial charge in [-0.15, -0.1) is 0 Å². The summed E-state index contributed by atoms with van der Waals surface area (Å²) < 4.78 is 0. The molecular weight excluding hydrogens is 530 g/mol. The maximum Gasteiger partial charge on any atom is 0.324 e. The minimum absolute atomic E-state index is 0.164. The number of hydrogen-bond donors (Lipinski definition) is 4. The van der Waals surface area contributed by atoms with Crippen LogP contribution >= 0.6 is 0 Å². The second-order valence-electron chi connectivity index (χ2n) is 6.11. The number of phenolic OH excluding ortho intramolecular Hbond substituents is 2. The van der Waals surface area contributed by atoms with E-state index in [-0.39, 0.29) is 5.96 Å². The van der Waals surface area contributed by atoms with Gasteiger partial charge < -0.3 is 21.7 Å². The molecule has 0 aliphatic carbocycles. The van der Waals surface area contributed by atoms with E-state index in [1.165, 1.54) is 0 Å². The zero-order valence-corrected chi connectivity index (χ0v) is 18.6. The van der Waals surface area contributed by atoms with Crippen molar-refractivity contribution in [1.82, 2.24) is 0 Å². The number of aromatic hydroxyl groups is 2. The number of nitrogens with zero attached hydrogens (tertiary/aromatic N) is 7. The molecule has 0 bridgehead atoms. The van der Waals surface area contributed by atoms with Crippen LogP contribution in [-0.4, -0.2) is 52.3 Å². The zero-order chi connectivity index (χ0) is 29.9. The SMILES string of the molecule is CCN=C(N)N.O=[N+]([O-])c1cc([N+](=O)[O-])c(O)c([N+](=O)[O-])c1.O=[N+]([O-])c1cc([N+](=O)[O-])c(O)c([N+](=O)[O-])c1. The summed E-state index contributed by atoms with van der Waals surface area (Å²) in [6.45, 7) is 2.54. The summed E-state index contributed by atoms with van der Waals surface area (Å²) in [7, 11) is 0. The molecule has 0 amide bonds. The first-order chi connectivity index (χ1) is 17.5. The van der Waals surface area contributed by atoms with Crippen molar-refractivity contribution in [1.29, 1.82) is 0 Å². The van der Waals surface area contributed by atoms with Crippen molar-refractivity contribution in [3.8, 4) is 11.5 Å². The van der Waals surface area contributed by atoms with E-state index in [4.69, 9.17) is 21.7 Å². The minimum Gasteiger partial charge on any atom is -0.497 e. The first kappa shape index (κ1) is 31.7. The van der Waals surface area contributed by atoms with E-state index in [1.807, 2.05) is 6.92 Å². The second kappa shape index (κ2) is 13.6. The van der Waals surface area contributed by atoms with Gasteiger partial charge in [0, 0.05) is 6.54 Å². The number of phenols is 2. The summed E-state index contributed by atoms with van der Waals surface area (Å²) in [5.41, 5.74) is 3.86. The summed E-state index contributed by atoms with van der Waals surface area (Å²) in [4.78, 5) is 59.1. The molecule has 0 aliphatic rings. The Bertz CT molecular complexity index is 1160. The Balaban J connectivity index is 0.000000596. The van der Waals surface area contributed by atoms with E-state index in [2.05, 4.69) is 4.99 Å². The number of benzene rings is 2. The van der Waals surface area contributed by atoms with E-state index < -0.39 is 75.2 Å². The molecule has 23 heteroatoms. The maximum atomic E-state index is 10.4. The molecule has 0 spiro atoms. The number of guanidine groups is 1. The number of nitrogens with two attached hydrogens (primary N) is 2. The van der Waals surface area contributed by atoms with Gasteiger partial charge in [-0.2, -0.15) is 0 Å². The van der Waals surface area contributed by atoms with Crippen molar-refractivity contribution >= 4 is 40.1 Å². The van der Waals surface area contributed by atoms with Crippen LogP contribution in [0.4, 0.5) is 34.1 Å². The van der Waals surface area contributed by atoms with Gasteiger partial charge in [0.15, 0.2) is 5.96 Å². The topological polar surface area (TPSA) is 364 Å². The summed E-state index contributed by atoms with van der Waals surface area (Å²) in [5.74, 6) is -2.25. The molecule has 0 aliphatic heterocycles. The lowest BCUT2D eigenvalue weighted by molar-refractivity contribution is -0.404. The first-order valence-electron chi connectivity index (χ1n) is 9.11. The van der Waals surface area contributed by atoms with Crippen molar-refractivity contribution < 1.29 is 39.8 Å². The second-order valence-corrected chi connectivity index (χ2v) is 6.11. The Kier molecular flexibility index (Phi) is 11.3. The maximum absolute atomic E-state index is 10.4. The highest BCUT2D eigenvalue weighted by Gasteiger charge is 2.31. The summed E-state index contributed by atoms with van der Waals surface area (Å²) >= 11 is 0. The quantitative estimate of drug-likeness (QED) is 0.166. The Hall–Kier alpha value is -6.29. The van der Waals surface area contributed by atoms with Crippen LogP contribution in [-0.2, 0) is 0 Å². The van der Waals surface area contributed by atoms with Crippen molar-refractivity contribution in [3.05, 3.63) is 85.0 Å². The van der Waals surface area contributed by atoms with Gasteiger partial charge in [0.25, 0.3) is 22.9 Å². The number of rotatable bonds is 7. The lowest BCUT2D eigenvalue weighted by Crippen LogP contribution is -2.22. The smallest absolute Gasteiger partial charge is 0.324 e. The van der Waals surface area contributed by atoms with Crippen molar-refractivity contribution in [3.63, 3.8) is 0 Å². The fourth-order valence-corrected chi connectivity index (χ4v) is 2.13. The molecule has 0 saturated heterocycles. The molecular formula is C15H15N9O14. The van der Waals surface area contributed by atoms with Crippen molar-refractivity contribution in [2.75, 3.05) is 6.54 Å². The molecule has 2 aromatic rings. The van der Waals surface area contributed by atoms with Gasteiger partial charge in [0.05, 0.1) is 53.8 Å².